The van der Waals surface area contributed by atoms with Crippen molar-refractivity contribution in [1.29, 1.82) is 0 Å². The van der Waals surface area contributed by atoms with Crippen molar-refractivity contribution in [3.63, 3.8) is 0 Å². The van der Waals surface area contributed by atoms with Gasteiger partial charge in [-0.1, -0.05) is 11.6 Å². The van der Waals surface area contributed by atoms with E-state index in [9.17, 15) is 4.79 Å². The molecule has 0 unspecified atom stereocenters. The maximum atomic E-state index is 12.4. The summed E-state index contributed by atoms with van der Waals surface area (Å²) in [5, 5.41) is 3.24. The Kier molecular flexibility index (Phi) is 4.94. The summed E-state index contributed by atoms with van der Waals surface area (Å²) in [6.07, 6.45) is 2.46. The predicted molar refractivity (Wildman–Crippen MR) is 89.1 cm³/mol. The number of carbonyl (C=O) groups is 1. The van der Waals surface area contributed by atoms with Crippen LogP contribution in [0.2, 0.25) is 5.02 Å². The fourth-order valence-electron chi connectivity index (χ4n) is 3.23. The van der Waals surface area contributed by atoms with Gasteiger partial charge in [0.25, 0.3) is 5.91 Å². The van der Waals surface area contributed by atoms with Crippen LogP contribution in [0.1, 0.15) is 23.2 Å². The summed E-state index contributed by atoms with van der Waals surface area (Å²) < 4.78 is 11.1. The molecular formula is C16H22ClN3O3. The first-order chi connectivity index (χ1) is 11.1. The minimum absolute atomic E-state index is 0.0172. The van der Waals surface area contributed by atoms with Crippen LogP contribution in [0, 0.1) is 0 Å². The summed E-state index contributed by atoms with van der Waals surface area (Å²) in [7, 11) is 1.50. The van der Waals surface area contributed by atoms with Crippen LogP contribution < -0.4 is 15.8 Å². The number of nitrogens with one attached hydrogen (secondary N) is 1. The Labute approximate surface area is 140 Å². The summed E-state index contributed by atoms with van der Waals surface area (Å²) in [4.78, 5) is 14.8. The molecule has 2 saturated heterocycles. The number of fused-ring (bicyclic) bond motifs is 1. The van der Waals surface area contributed by atoms with Gasteiger partial charge in [0.05, 0.1) is 36.1 Å². The number of nitrogens with zero attached hydrogens (tertiary/aromatic N) is 1. The summed E-state index contributed by atoms with van der Waals surface area (Å²) in [6, 6.07) is 3.64. The second-order valence-electron chi connectivity index (χ2n) is 6.03. The molecule has 1 aromatic carbocycles. The highest BCUT2D eigenvalue weighted by Crippen LogP contribution is 2.29. The molecule has 126 valence electrons. The van der Waals surface area contributed by atoms with Crippen LogP contribution in [0.3, 0.4) is 0 Å². The van der Waals surface area contributed by atoms with E-state index in [4.69, 9.17) is 26.8 Å². The molecule has 1 aromatic rings. The van der Waals surface area contributed by atoms with Crippen LogP contribution in [-0.2, 0) is 4.74 Å². The smallest absolute Gasteiger partial charge is 0.255 e. The third-order valence-corrected chi connectivity index (χ3v) is 4.84. The average Bonchev–Trinajstić information content (AvgIpc) is 3.02. The molecule has 6 nitrogen and oxygen atoms in total. The molecule has 2 atom stereocenters. The van der Waals surface area contributed by atoms with Crippen LogP contribution in [0.15, 0.2) is 12.1 Å². The van der Waals surface area contributed by atoms with E-state index in [-0.39, 0.29) is 12.0 Å². The van der Waals surface area contributed by atoms with Crippen LogP contribution >= 0.6 is 11.6 Å². The van der Waals surface area contributed by atoms with Gasteiger partial charge in [-0.3, -0.25) is 9.69 Å². The Morgan fingerprint density at radius 3 is 3.17 bits per heavy atom. The molecule has 0 radical (unpaired) electrons. The molecular weight excluding hydrogens is 318 g/mol. The van der Waals surface area contributed by atoms with Gasteiger partial charge in [0.1, 0.15) is 5.75 Å². The maximum Gasteiger partial charge on any atom is 0.255 e. The molecule has 1 amide bonds. The van der Waals surface area contributed by atoms with E-state index in [0.29, 0.717) is 34.6 Å². The molecule has 0 saturated carbocycles. The quantitative estimate of drug-likeness (QED) is 0.813. The first-order valence-corrected chi connectivity index (χ1v) is 8.23. The second kappa shape index (κ2) is 6.95. The Morgan fingerprint density at radius 2 is 2.39 bits per heavy atom. The van der Waals surface area contributed by atoms with Crippen molar-refractivity contribution in [2.45, 2.75) is 25.0 Å². The van der Waals surface area contributed by atoms with Crippen molar-refractivity contribution in [2.75, 3.05) is 39.1 Å². The van der Waals surface area contributed by atoms with Crippen LogP contribution in [-0.4, -0.2) is 56.3 Å². The molecule has 2 heterocycles. The lowest BCUT2D eigenvalue weighted by Gasteiger charge is -2.35. The van der Waals surface area contributed by atoms with Gasteiger partial charge >= 0.3 is 0 Å². The van der Waals surface area contributed by atoms with Gasteiger partial charge in [0.15, 0.2) is 0 Å². The number of carbonyl (C=O) groups excluding carboxylic acids is 1. The summed E-state index contributed by atoms with van der Waals surface area (Å²) >= 11 is 6.00. The van der Waals surface area contributed by atoms with Crippen molar-refractivity contribution in [3.05, 3.63) is 22.7 Å². The molecule has 23 heavy (non-hydrogen) atoms. The normalized spacial score (nSPS) is 24.3. The number of benzene rings is 1. The first-order valence-electron chi connectivity index (χ1n) is 7.85. The number of anilines is 1. The fourth-order valence-corrected chi connectivity index (χ4v) is 3.39. The van der Waals surface area contributed by atoms with Crippen molar-refractivity contribution in [1.82, 2.24) is 10.2 Å². The monoisotopic (exact) mass is 339 g/mol. The largest absolute Gasteiger partial charge is 0.496 e. The number of morpholine rings is 1. The van der Waals surface area contributed by atoms with Crippen LogP contribution in [0.5, 0.6) is 5.75 Å². The topological polar surface area (TPSA) is 76.8 Å². The Hall–Kier alpha value is -1.50. The molecule has 2 fully saturated rings. The SMILES string of the molecule is COc1cc(N)c(Cl)cc1C(=O)NC[C@@H]1CN2CCC[C@@H]2CO1. The number of methoxy groups -OCH3 is 1. The van der Waals surface area contributed by atoms with E-state index in [1.807, 2.05) is 0 Å². The number of rotatable bonds is 4. The highest BCUT2D eigenvalue weighted by Gasteiger charge is 2.32. The van der Waals surface area contributed by atoms with E-state index >= 15 is 0 Å². The molecule has 0 bridgehead atoms. The number of amides is 1. The summed E-state index contributed by atoms with van der Waals surface area (Å²) in [5.41, 5.74) is 6.50. The number of halogens is 1. The number of ether oxygens (including phenoxy) is 2. The van der Waals surface area contributed by atoms with Crippen LogP contribution in [0.4, 0.5) is 5.69 Å². The number of hydrogen-bond acceptors (Lipinski definition) is 5. The van der Waals surface area contributed by atoms with Gasteiger partial charge < -0.3 is 20.5 Å². The molecule has 3 rings (SSSR count). The predicted octanol–water partition coefficient (Wildman–Crippen LogP) is 1.52. The number of nitrogens with two attached hydrogens (primary N) is 1. The number of hydrogen-bond donors (Lipinski definition) is 2. The zero-order valence-electron chi connectivity index (χ0n) is 13.2. The lowest BCUT2D eigenvalue weighted by atomic mass is 10.1. The molecule has 0 spiro atoms. The first kappa shape index (κ1) is 16.4. The van der Waals surface area contributed by atoms with Crippen molar-refractivity contribution < 1.29 is 14.3 Å². The van der Waals surface area contributed by atoms with Gasteiger partial charge in [-0.15, -0.1) is 0 Å². The third-order valence-electron chi connectivity index (χ3n) is 4.52. The van der Waals surface area contributed by atoms with Crippen LogP contribution in [0.25, 0.3) is 0 Å². The fraction of sp³-hybridized carbons (Fsp3) is 0.562. The van der Waals surface area contributed by atoms with Crippen molar-refractivity contribution >= 4 is 23.2 Å². The van der Waals surface area contributed by atoms with Gasteiger partial charge in [-0.05, 0) is 25.5 Å². The molecule has 2 aliphatic heterocycles. The third kappa shape index (κ3) is 3.54. The number of nitrogen functional groups attached to an aromatic ring is 1. The van der Waals surface area contributed by atoms with Gasteiger partial charge in [0.2, 0.25) is 0 Å². The van der Waals surface area contributed by atoms with Gasteiger partial charge in [-0.25, -0.2) is 0 Å². The minimum Gasteiger partial charge on any atom is -0.496 e. The molecule has 0 aliphatic carbocycles. The van der Waals surface area contributed by atoms with Gasteiger partial charge in [-0.2, -0.15) is 0 Å². The minimum atomic E-state index is -0.240. The van der Waals surface area contributed by atoms with E-state index in [0.717, 1.165) is 19.7 Å². The van der Waals surface area contributed by atoms with E-state index in [2.05, 4.69) is 10.2 Å². The van der Waals surface area contributed by atoms with E-state index in [1.54, 1.807) is 6.07 Å². The van der Waals surface area contributed by atoms with E-state index in [1.165, 1.54) is 26.0 Å². The lowest BCUT2D eigenvalue weighted by molar-refractivity contribution is -0.0461. The Balaban J connectivity index is 1.60. The van der Waals surface area contributed by atoms with E-state index < -0.39 is 0 Å². The molecule has 2 aliphatic rings. The van der Waals surface area contributed by atoms with Crippen molar-refractivity contribution in [2.24, 2.45) is 0 Å². The highest BCUT2D eigenvalue weighted by molar-refractivity contribution is 6.33. The standard InChI is InChI=1S/C16H22ClN3O3/c1-22-15-6-14(18)13(17)5-12(15)16(21)19-7-11-8-20-4-2-3-10(20)9-23-11/h5-6,10-11H,2-4,7-9,18H2,1H3,(H,19,21)/t10-,11-/m1/s1. The average molecular weight is 340 g/mol. The second-order valence-corrected chi connectivity index (χ2v) is 6.44. The molecule has 3 N–H and O–H groups in total. The maximum absolute atomic E-state index is 12.4. The molecule has 0 aromatic heterocycles. The highest BCUT2D eigenvalue weighted by atomic mass is 35.5. The summed E-state index contributed by atoms with van der Waals surface area (Å²) in [6.45, 7) is 3.20. The Bertz CT molecular complexity index is 596. The zero-order chi connectivity index (χ0) is 16.4. The molecule has 7 heteroatoms. The summed E-state index contributed by atoms with van der Waals surface area (Å²) in [5.74, 6) is 0.171. The Morgan fingerprint density at radius 1 is 1.57 bits per heavy atom. The lowest BCUT2D eigenvalue weighted by Crippen LogP contribution is -2.50. The van der Waals surface area contributed by atoms with Crippen molar-refractivity contribution in [3.8, 4) is 5.75 Å². The van der Waals surface area contributed by atoms with Gasteiger partial charge in [0, 0.05) is 25.2 Å². The zero-order valence-corrected chi connectivity index (χ0v) is 13.9.